The second kappa shape index (κ2) is 7.43. The highest BCUT2D eigenvalue weighted by atomic mass is 32.2. The van der Waals surface area contributed by atoms with Gasteiger partial charge in [0.2, 0.25) is 0 Å². The van der Waals surface area contributed by atoms with E-state index in [1.165, 1.54) is 18.2 Å². The number of thioether (sulfide) groups is 1. The Balaban J connectivity index is 2.25. The van der Waals surface area contributed by atoms with Crippen LogP contribution in [-0.2, 0) is 10.9 Å². The molecule has 0 fully saturated rings. The Bertz CT molecular complexity index is 1060. The molecule has 1 aromatic heterocycles. The number of hydrogen-bond acceptors (Lipinski definition) is 5. The summed E-state index contributed by atoms with van der Waals surface area (Å²) in [6.07, 6.45) is -4.57. The van der Waals surface area contributed by atoms with Crippen LogP contribution in [0.15, 0.2) is 58.5 Å². The van der Waals surface area contributed by atoms with Crippen molar-refractivity contribution in [3.05, 3.63) is 64.4 Å². The molecule has 0 saturated heterocycles. The number of alkyl halides is 3. The van der Waals surface area contributed by atoms with E-state index in [0.717, 1.165) is 16.7 Å². The molecule has 140 valence electrons. The lowest BCUT2D eigenvalue weighted by molar-refractivity contribution is -0.137. The van der Waals surface area contributed by atoms with Crippen LogP contribution in [0.1, 0.15) is 12.5 Å². The summed E-state index contributed by atoms with van der Waals surface area (Å²) in [5, 5.41) is -0.556. The predicted molar refractivity (Wildman–Crippen MR) is 95.2 cm³/mol. The molecule has 0 N–H and O–H groups in total. The van der Waals surface area contributed by atoms with E-state index in [2.05, 4.69) is 4.98 Å². The van der Waals surface area contributed by atoms with Gasteiger partial charge in [-0.25, -0.2) is 9.78 Å². The van der Waals surface area contributed by atoms with E-state index in [4.69, 9.17) is 4.74 Å². The molecule has 0 aliphatic carbocycles. The number of rotatable bonds is 3. The minimum Gasteiger partial charge on any atom is -0.458 e. The molecule has 0 saturated carbocycles. The van der Waals surface area contributed by atoms with Crippen molar-refractivity contribution in [3.63, 3.8) is 0 Å². The highest BCUT2D eigenvalue weighted by molar-refractivity contribution is 8.13. The summed E-state index contributed by atoms with van der Waals surface area (Å²) in [5.74, 6) is 0. The first-order valence-corrected chi connectivity index (χ1v) is 8.67. The second-order valence-electron chi connectivity index (χ2n) is 5.39. The Morgan fingerprint density at radius 1 is 1.19 bits per heavy atom. The number of fused-ring (bicyclic) bond motifs is 1. The lowest BCUT2D eigenvalue weighted by Crippen LogP contribution is -2.22. The lowest BCUT2D eigenvalue weighted by Gasteiger charge is -2.14. The van der Waals surface area contributed by atoms with Crippen LogP contribution < -0.4 is 5.56 Å². The quantitative estimate of drug-likeness (QED) is 0.368. The van der Waals surface area contributed by atoms with Gasteiger partial charge in [0.25, 0.3) is 5.56 Å². The molecule has 0 radical (unpaired) electrons. The first kappa shape index (κ1) is 19.0. The van der Waals surface area contributed by atoms with E-state index in [0.29, 0.717) is 17.3 Å². The first-order valence-electron chi connectivity index (χ1n) is 7.85. The fourth-order valence-corrected chi connectivity index (χ4v) is 3.20. The Labute approximate surface area is 155 Å². The van der Waals surface area contributed by atoms with Crippen molar-refractivity contribution in [1.82, 2.24) is 9.55 Å². The smallest absolute Gasteiger partial charge is 0.416 e. The van der Waals surface area contributed by atoms with Crippen molar-refractivity contribution < 1.29 is 22.7 Å². The van der Waals surface area contributed by atoms with E-state index in [-0.39, 0.29) is 22.8 Å². The highest BCUT2D eigenvalue weighted by Crippen LogP contribution is 2.31. The monoisotopic (exact) mass is 394 g/mol. The number of nitrogens with zero attached hydrogens (tertiary/aromatic N) is 2. The minimum absolute atomic E-state index is 0.0418. The van der Waals surface area contributed by atoms with E-state index in [9.17, 15) is 22.8 Å². The third kappa shape index (κ3) is 3.97. The van der Waals surface area contributed by atoms with Crippen molar-refractivity contribution in [2.45, 2.75) is 18.3 Å². The Morgan fingerprint density at radius 3 is 2.63 bits per heavy atom. The molecule has 3 aromatic rings. The van der Waals surface area contributed by atoms with Crippen molar-refractivity contribution >= 4 is 28.0 Å². The summed E-state index contributed by atoms with van der Waals surface area (Å²) < 4.78 is 45.0. The van der Waals surface area contributed by atoms with Crippen LogP contribution >= 0.6 is 11.8 Å². The van der Waals surface area contributed by atoms with Gasteiger partial charge >= 0.3 is 11.5 Å². The van der Waals surface area contributed by atoms with Crippen LogP contribution in [0.2, 0.25) is 0 Å². The highest BCUT2D eigenvalue weighted by Gasteiger charge is 2.31. The number of para-hydroxylation sites is 1. The van der Waals surface area contributed by atoms with Gasteiger partial charge in [-0.05, 0) is 37.3 Å². The fourth-order valence-electron chi connectivity index (χ4n) is 2.45. The molecule has 5 nitrogen and oxygen atoms in total. The Hall–Kier alpha value is -2.81. The zero-order chi connectivity index (χ0) is 19.6. The van der Waals surface area contributed by atoms with Crippen molar-refractivity contribution in [2.24, 2.45) is 0 Å². The zero-order valence-corrected chi connectivity index (χ0v) is 14.8. The number of carbonyl (C=O) groups excluding carboxylic acids is 1. The maximum atomic E-state index is 13.1. The number of carbonyl (C=O) groups is 1. The SMILES string of the molecule is CCOC(=O)Sc1nc2ccccc2c(=O)n1-c1cccc(C(F)(F)F)c1. The van der Waals surface area contributed by atoms with Crippen LogP contribution in [0.25, 0.3) is 16.6 Å². The topological polar surface area (TPSA) is 61.2 Å². The average molecular weight is 394 g/mol. The molecule has 0 amide bonds. The van der Waals surface area contributed by atoms with Crippen molar-refractivity contribution in [2.75, 3.05) is 6.61 Å². The van der Waals surface area contributed by atoms with Crippen LogP contribution in [0, 0.1) is 0 Å². The fraction of sp³-hybridized carbons (Fsp3) is 0.167. The number of benzene rings is 2. The summed E-state index contributed by atoms with van der Waals surface area (Å²) in [6, 6.07) is 10.7. The third-order valence-electron chi connectivity index (χ3n) is 3.61. The molecule has 9 heteroatoms. The third-order valence-corrected chi connectivity index (χ3v) is 4.35. The maximum Gasteiger partial charge on any atom is 0.416 e. The molecule has 0 spiro atoms. The zero-order valence-electron chi connectivity index (χ0n) is 14.0. The number of hydrogen-bond donors (Lipinski definition) is 0. The minimum atomic E-state index is -4.57. The Kier molecular flexibility index (Phi) is 5.22. The van der Waals surface area contributed by atoms with Gasteiger partial charge in [-0.1, -0.05) is 18.2 Å². The summed E-state index contributed by atoms with van der Waals surface area (Å²) >= 11 is 0.541. The molecule has 0 aliphatic heterocycles. The summed E-state index contributed by atoms with van der Waals surface area (Å²) in [7, 11) is 0. The standard InChI is InChI=1S/C18H13F3N2O3S/c1-2-26-17(25)27-16-22-14-9-4-3-8-13(14)15(24)23(16)12-7-5-6-11(10-12)18(19,20)21/h3-10H,2H2,1H3. The van der Waals surface area contributed by atoms with Gasteiger partial charge in [0.05, 0.1) is 28.8 Å². The van der Waals surface area contributed by atoms with Crippen molar-refractivity contribution in [3.8, 4) is 5.69 Å². The van der Waals surface area contributed by atoms with Crippen LogP contribution in [0.4, 0.5) is 18.0 Å². The van der Waals surface area contributed by atoms with Gasteiger partial charge in [-0.2, -0.15) is 13.2 Å². The lowest BCUT2D eigenvalue weighted by atomic mass is 10.2. The largest absolute Gasteiger partial charge is 0.458 e. The van der Waals surface area contributed by atoms with Gasteiger partial charge in [-0.15, -0.1) is 0 Å². The van der Waals surface area contributed by atoms with Crippen LogP contribution in [-0.4, -0.2) is 21.5 Å². The summed E-state index contributed by atoms with van der Waals surface area (Å²) in [5.41, 5.74) is -1.20. The maximum absolute atomic E-state index is 13.1. The van der Waals surface area contributed by atoms with E-state index in [1.807, 2.05) is 0 Å². The van der Waals surface area contributed by atoms with E-state index >= 15 is 0 Å². The summed E-state index contributed by atoms with van der Waals surface area (Å²) in [6.45, 7) is 1.74. The molecule has 2 aromatic carbocycles. The van der Waals surface area contributed by atoms with Gasteiger partial charge in [0.15, 0.2) is 5.16 Å². The van der Waals surface area contributed by atoms with E-state index < -0.39 is 22.6 Å². The second-order valence-corrected chi connectivity index (χ2v) is 6.29. The van der Waals surface area contributed by atoms with Crippen molar-refractivity contribution in [1.29, 1.82) is 0 Å². The van der Waals surface area contributed by atoms with Gasteiger partial charge in [0, 0.05) is 11.8 Å². The van der Waals surface area contributed by atoms with Gasteiger partial charge < -0.3 is 4.74 Å². The predicted octanol–water partition coefficient (Wildman–Crippen LogP) is 4.65. The molecule has 0 unspecified atom stereocenters. The molecule has 3 rings (SSSR count). The molecule has 27 heavy (non-hydrogen) atoms. The molecule has 0 bridgehead atoms. The number of halogens is 3. The molecule has 1 heterocycles. The van der Waals surface area contributed by atoms with Crippen LogP contribution in [0.3, 0.4) is 0 Å². The molecular weight excluding hydrogens is 381 g/mol. The average Bonchev–Trinajstić information content (AvgIpc) is 2.61. The number of aromatic nitrogens is 2. The van der Waals surface area contributed by atoms with Gasteiger partial charge in [0.1, 0.15) is 0 Å². The number of ether oxygens (including phenoxy) is 1. The first-order chi connectivity index (χ1) is 12.8. The van der Waals surface area contributed by atoms with E-state index in [1.54, 1.807) is 25.1 Å². The summed E-state index contributed by atoms with van der Waals surface area (Å²) in [4.78, 5) is 29.1. The van der Waals surface area contributed by atoms with Gasteiger partial charge in [-0.3, -0.25) is 9.36 Å². The molecular formula is C18H13F3N2O3S. The van der Waals surface area contributed by atoms with Crippen LogP contribution in [0.5, 0.6) is 0 Å². The normalized spacial score (nSPS) is 11.6. The Morgan fingerprint density at radius 2 is 1.93 bits per heavy atom. The molecule has 0 atom stereocenters. The molecule has 0 aliphatic rings.